The summed E-state index contributed by atoms with van der Waals surface area (Å²) in [5, 5.41) is 3.48. The molecule has 27 heavy (non-hydrogen) atoms. The number of methoxy groups -OCH3 is 1. The maximum Gasteiger partial charge on any atom is 0.332 e. The zero-order valence-electron chi connectivity index (χ0n) is 15.2. The first-order valence-corrected chi connectivity index (χ1v) is 9.44. The van der Waals surface area contributed by atoms with E-state index in [9.17, 15) is 4.79 Å². The highest BCUT2D eigenvalue weighted by atomic mass is 16.5. The van der Waals surface area contributed by atoms with Gasteiger partial charge >= 0.3 is 5.69 Å². The Morgan fingerprint density at radius 1 is 1.00 bits per heavy atom. The molecule has 8 nitrogen and oxygen atoms in total. The highest BCUT2D eigenvalue weighted by molar-refractivity contribution is 5.66. The van der Waals surface area contributed by atoms with Crippen LogP contribution in [0.4, 0.5) is 5.82 Å². The molecule has 3 heterocycles. The van der Waals surface area contributed by atoms with Gasteiger partial charge in [0.05, 0.1) is 13.3 Å². The van der Waals surface area contributed by atoms with Gasteiger partial charge in [-0.2, -0.15) is 0 Å². The van der Waals surface area contributed by atoms with Crippen molar-refractivity contribution < 1.29 is 4.74 Å². The van der Waals surface area contributed by atoms with Crippen LogP contribution >= 0.6 is 0 Å². The van der Waals surface area contributed by atoms with Gasteiger partial charge in [0.2, 0.25) is 0 Å². The van der Waals surface area contributed by atoms with Crippen molar-refractivity contribution in [2.45, 2.75) is 50.2 Å². The SMILES string of the molecule is COc1ccc(NC2CCC(n3c(=O)n(C4CC4)c4nccnc43)C2)nc1. The zero-order chi connectivity index (χ0) is 18.4. The van der Waals surface area contributed by atoms with Crippen LogP contribution in [0.5, 0.6) is 5.75 Å². The molecule has 2 fully saturated rings. The lowest BCUT2D eigenvalue weighted by molar-refractivity contribution is 0.413. The van der Waals surface area contributed by atoms with Crippen molar-refractivity contribution >= 4 is 17.1 Å². The molecular formula is C19H22N6O2. The Morgan fingerprint density at radius 2 is 1.70 bits per heavy atom. The second kappa shape index (κ2) is 6.37. The Labute approximate surface area is 156 Å². The number of hydrogen-bond acceptors (Lipinski definition) is 6. The van der Waals surface area contributed by atoms with Crippen molar-refractivity contribution in [1.29, 1.82) is 0 Å². The zero-order valence-corrected chi connectivity index (χ0v) is 15.2. The van der Waals surface area contributed by atoms with E-state index in [2.05, 4.69) is 20.3 Å². The molecule has 0 bridgehead atoms. The Bertz CT molecular complexity index is 1020. The second-order valence-corrected chi connectivity index (χ2v) is 7.35. The lowest BCUT2D eigenvalue weighted by atomic mass is 10.2. The molecule has 0 spiro atoms. The van der Waals surface area contributed by atoms with E-state index in [4.69, 9.17) is 4.74 Å². The standard InChI is InChI=1S/C19H22N6O2/c1-27-15-6-7-16(22-11-15)23-12-2-3-14(10-12)25-18-17(20-8-9-21-18)24(19(25)26)13-4-5-13/h6-9,11-14H,2-5,10H2,1H3,(H,22,23). The van der Waals surface area contributed by atoms with Crippen LogP contribution in [0.2, 0.25) is 0 Å². The van der Waals surface area contributed by atoms with Crippen molar-refractivity contribution in [3.63, 3.8) is 0 Å². The third kappa shape index (κ3) is 2.85. The first-order chi connectivity index (χ1) is 13.2. The highest BCUT2D eigenvalue weighted by Gasteiger charge is 2.34. The number of fused-ring (bicyclic) bond motifs is 1. The van der Waals surface area contributed by atoms with Crippen LogP contribution in [0.1, 0.15) is 44.2 Å². The number of imidazole rings is 1. The van der Waals surface area contributed by atoms with Crippen LogP contribution in [-0.2, 0) is 0 Å². The Balaban J connectivity index is 1.40. The number of ether oxygens (including phenoxy) is 1. The average Bonchev–Trinajstić information content (AvgIpc) is 3.35. The second-order valence-electron chi connectivity index (χ2n) is 7.35. The van der Waals surface area contributed by atoms with E-state index in [1.807, 2.05) is 21.3 Å². The molecule has 0 aromatic carbocycles. The highest BCUT2D eigenvalue weighted by Crippen LogP contribution is 2.37. The summed E-state index contributed by atoms with van der Waals surface area (Å²) in [5.74, 6) is 1.57. The molecule has 2 aliphatic rings. The minimum absolute atomic E-state index is 0.0342. The quantitative estimate of drug-likeness (QED) is 0.747. The molecule has 0 saturated heterocycles. The van der Waals surface area contributed by atoms with Crippen LogP contribution in [0, 0.1) is 0 Å². The number of rotatable bonds is 5. The third-order valence-electron chi connectivity index (χ3n) is 5.54. The fraction of sp³-hybridized carbons (Fsp3) is 0.474. The van der Waals surface area contributed by atoms with E-state index in [0.29, 0.717) is 5.65 Å². The minimum Gasteiger partial charge on any atom is -0.495 e. The van der Waals surface area contributed by atoms with Crippen molar-refractivity contribution in [1.82, 2.24) is 24.1 Å². The molecule has 0 aliphatic heterocycles. The maximum absolute atomic E-state index is 13.1. The van der Waals surface area contributed by atoms with Gasteiger partial charge in [0.25, 0.3) is 0 Å². The van der Waals surface area contributed by atoms with Crippen LogP contribution in [-0.4, -0.2) is 37.2 Å². The fourth-order valence-corrected chi connectivity index (χ4v) is 4.07. The lowest BCUT2D eigenvalue weighted by Crippen LogP contribution is -2.27. The first kappa shape index (κ1) is 16.3. The molecule has 0 radical (unpaired) electrons. The predicted molar refractivity (Wildman–Crippen MR) is 101 cm³/mol. The summed E-state index contributed by atoms with van der Waals surface area (Å²) in [5.41, 5.74) is 1.47. The third-order valence-corrected chi connectivity index (χ3v) is 5.54. The molecular weight excluding hydrogens is 344 g/mol. The maximum atomic E-state index is 13.1. The van der Waals surface area contributed by atoms with Gasteiger partial charge in [0.1, 0.15) is 11.6 Å². The van der Waals surface area contributed by atoms with E-state index in [1.165, 1.54) is 0 Å². The van der Waals surface area contributed by atoms with Crippen molar-refractivity contribution in [2.24, 2.45) is 0 Å². The average molecular weight is 366 g/mol. The molecule has 2 unspecified atom stereocenters. The van der Waals surface area contributed by atoms with Gasteiger partial charge in [-0.3, -0.25) is 9.13 Å². The van der Waals surface area contributed by atoms with Crippen LogP contribution in [0.15, 0.2) is 35.5 Å². The Morgan fingerprint density at radius 3 is 2.33 bits per heavy atom. The van der Waals surface area contributed by atoms with Gasteiger partial charge in [0.15, 0.2) is 11.3 Å². The fourth-order valence-electron chi connectivity index (χ4n) is 4.07. The molecule has 140 valence electrons. The monoisotopic (exact) mass is 366 g/mol. The van der Waals surface area contributed by atoms with E-state index < -0.39 is 0 Å². The van der Waals surface area contributed by atoms with E-state index in [-0.39, 0.29) is 23.8 Å². The molecule has 3 aromatic heterocycles. The van der Waals surface area contributed by atoms with Crippen LogP contribution in [0.25, 0.3) is 11.3 Å². The Hall–Kier alpha value is -2.90. The predicted octanol–water partition coefficient (Wildman–Crippen LogP) is 2.54. The van der Waals surface area contributed by atoms with Gasteiger partial charge in [0, 0.05) is 30.5 Å². The summed E-state index contributed by atoms with van der Waals surface area (Å²) in [6, 6.07) is 4.51. The molecule has 2 saturated carbocycles. The van der Waals surface area contributed by atoms with E-state index >= 15 is 0 Å². The summed E-state index contributed by atoms with van der Waals surface area (Å²) in [6.45, 7) is 0. The Kier molecular flexibility index (Phi) is 3.84. The van der Waals surface area contributed by atoms with Gasteiger partial charge < -0.3 is 10.1 Å². The number of anilines is 1. The largest absolute Gasteiger partial charge is 0.495 e. The number of nitrogens with zero attached hydrogens (tertiary/aromatic N) is 5. The molecule has 2 aliphatic carbocycles. The molecule has 1 N–H and O–H groups in total. The number of aromatic nitrogens is 5. The summed E-state index contributed by atoms with van der Waals surface area (Å²) >= 11 is 0. The van der Waals surface area contributed by atoms with Crippen molar-refractivity contribution in [3.05, 3.63) is 41.2 Å². The first-order valence-electron chi connectivity index (χ1n) is 9.44. The van der Waals surface area contributed by atoms with Gasteiger partial charge in [-0.1, -0.05) is 0 Å². The molecule has 0 amide bonds. The number of nitrogens with one attached hydrogen (secondary N) is 1. The number of hydrogen-bond donors (Lipinski definition) is 1. The smallest absolute Gasteiger partial charge is 0.332 e. The lowest BCUT2D eigenvalue weighted by Gasteiger charge is -2.15. The van der Waals surface area contributed by atoms with Crippen molar-refractivity contribution in [2.75, 3.05) is 12.4 Å². The molecule has 5 rings (SSSR count). The summed E-state index contributed by atoms with van der Waals surface area (Å²) in [6.07, 6.45) is 9.93. The van der Waals surface area contributed by atoms with Crippen LogP contribution < -0.4 is 15.7 Å². The summed E-state index contributed by atoms with van der Waals surface area (Å²) < 4.78 is 8.86. The van der Waals surface area contributed by atoms with Gasteiger partial charge in [-0.15, -0.1) is 0 Å². The van der Waals surface area contributed by atoms with E-state index in [1.54, 1.807) is 25.7 Å². The number of pyridine rings is 1. The van der Waals surface area contributed by atoms with E-state index in [0.717, 1.165) is 49.3 Å². The topological polar surface area (TPSA) is 86.9 Å². The van der Waals surface area contributed by atoms with Crippen molar-refractivity contribution in [3.8, 4) is 5.75 Å². The van der Waals surface area contributed by atoms with Crippen LogP contribution in [0.3, 0.4) is 0 Å². The summed E-state index contributed by atoms with van der Waals surface area (Å²) in [4.78, 5) is 26.4. The van der Waals surface area contributed by atoms with Gasteiger partial charge in [-0.05, 0) is 44.2 Å². The normalized spacial score (nSPS) is 22.3. The molecule has 3 aromatic rings. The minimum atomic E-state index is 0.0342. The molecule has 8 heteroatoms. The van der Waals surface area contributed by atoms with Gasteiger partial charge in [-0.25, -0.2) is 19.7 Å². The molecule has 2 atom stereocenters. The summed E-state index contributed by atoms with van der Waals surface area (Å²) in [7, 11) is 1.63.